The summed E-state index contributed by atoms with van der Waals surface area (Å²) in [6, 6.07) is 8.95. The Morgan fingerprint density at radius 2 is 1.92 bits per heavy atom. The largest absolute Gasteiger partial charge is 0.451 e. The lowest BCUT2D eigenvalue weighted by Crippen LogP contribution is -2.35. The Hall–Kier alpha value is -2.45. The van der Waals surface area contributed by atoms with E-state index >= 15 is 0 Å². The number of amides is 2. The lowest BCUT2D eigenvalue weighted by Gasteiger charge is -2.07. The minimum atomic E-state index is -0.867. The zero-order valence-corrected chi connectivity index (χ0v) is 14.8. The summed E-state index contributed by atoms with van der Waals surface area (Å²) in [6.45, 7) is -0.617. The maximum absolute atomic E-state index is 11.9. The first-order valence-electron chi connectivity index (χ1n) is 7.10. The SMILES string of the molecule is CSc1ncc(Cl)c(C(=O)OCC(=O)NC(=O)Cc2ccccc2)n1. The fourth-order valence-electron chi connectivity index (χ4n) is 1.81. The second-order valence-corrected chi connectivity index (χ2v) is 5.94. The highest BCUT2D eigenvalue weighted by molar-refractivity contribution is 7.98. The standard InChI is InChI=1S/C16H14ClN3O4S/c1-25-16-18-8-11(17)14(20-16)15(23)24-9-13(22)19-12(21)7-10-5-3-2-4-6-10/h2-6,8H,7,9H2,1H3,(H,19,21,22). The van der Waals surface area contributed by atoms with Crippen molar-refractivity contribution in [2.24, 2.45) is 0 Å². The van der Waals surface area contributed by atoms with Gasteiger partial charge in [0.25, 0.3) is 5.91 Å². The van der Waals surface area contributed by atoms with E-state index in [4.69, 9.17) is 16.3 Å². The summed E-state index contributed by atoms with van der Waals surface area (Å²) in [5.41, 5.74) is 0.631. The van der Waals surface area contributed by atoms with Crippen LogP contribution >= 0.6 is 23.4 Å². The van der Waals surface area contributed by atoms with Crippen LogP contribution in [-0.4, -0.2) is 40.6 Å². The lowest BCUT2D eigenvalue weighted by atomic mass is 10.1. The molecule has 0 fully saturated rings. The Kier molecular flexibility index (Phi) is 6.91. The third-order valence-electron chi connectivity index (χ3n) is 2.92. The number of halogens is 1. The quantitative estimate of drug-likeness (QED) is 0.465. The number of carbonyl (C=O) groups excluding carboxylic acids is 3. The zero-order chi connectivity index (χ0) is 18.2. The van der Waals surface area contributed by atoms with Gasteiger partial charge in [0.05, 0.1) is 17.6 Å². The summed E-state index contributed by atoms with van der Waals surface area (Å²) >= 11 is 7.08. The van der Waals surface area contributed by atoms with E-state index in [0.29, 0.717) is 5.16 Å². The molecule has 0 saturated carbocycles. The monoisotopic (exact) mass is 379 g/mol. The van der Waals surface area contributed by atoms with Crippen LogP contribution in [0.3, 0.4) is 0 Å². The van der Waals surface area contributed by atoms with Gasteiger partial charge in [0.1, 0.15) is 0 Å². The number of ether oxygens (including phenoxy) is 1. The third-order valence-corrected chi connectivity index (χ3v) is 3.76. The van der Waals surface area contributed by atoms with E-state index in [1.165, 1.54) is 18.0 Å². The molecule has 0 spiro atoms. The zero-order valence-electron chi connectivity index (χ0n) is 13.2. The predicted octanol–water partition coefficient (Wildman–Crippen LogP) is 1.89. The molecule has 0 aliphatic rings. The van der Waals surface area contributed by atoms with Gasteiger partial charge in [-0.15, -0.1) is 0 Å². The molecule has 1 heterocycles. The first-order chi connectivity index (χ1) is 12.0. The maximum Gasteiger partial charge on any atom is 0.359 e. The smallest absolute Gasteiger partial charge is 0.359 e. The number of benzene rings is 1. The highest BCUT2D eigenvalue weighted by Crippen LogP contribution is 2.17. The van der Waals surface area contributed by atoms with Crippen LogP contribution in [0.15, 0.2) is 41.7 Å². The summed E-state index contributed by atoms with van der Waals surface area (Å²) in [6.07, 6.45) is 3.07. The van der Waals surface area contributed by atoms with Crippen LogP contribution in [0, 0.1) is 0 Å². The molecular formula is C16H14ClN3O4S. The number of hydrogen-bond donors (Lipinski definition) is 1. The van der Waals surface area contributed by atoms with E-state index in [1.807, 2.05) is 6.07 Å². The third kappa shape index (κ3) is 5.84. The summed E-state index contributed by atoms with van der Waals surface area (Å²) < 4.78 is 4.83. The summed E-state index contributed by atoms with van der Waals surface area (Å²) in [4.78, 5) is 43.2. The summed E-state index contributed by atoms with van der Waals surface area (Å²) in [7, 11) is 0. The van der Waals surface area contributed by atoms with Gasteiger partial charge in [0.15, 0.2) is 17.5 Å². The summed E-state index contributed by atoms with van der Waals surface area (Å²) in [5.74, 6) is -2.09. The molecule has 130 valence electrons. The molecule has 2 amide bonds. The number of hydrogen-bond acceptors (Lipinski definition) is 7. The normalized spacial score (nSPS) is 10.2. The summed E-state index contributed by atoms with van der Waals surface area (Å²) in [5, 5.41) is 2.51. The van der Waals surface area contributed by atoms with Crippen LogP contribution in [0.2, 0.25) is 5.02 Å². The molecule has 0 bridgehead atoms. The van der Waals surface area contributed by atoms with Crippen LogP contribution in [0.5, 0.6) is 0 Å². The molecule has 7 nitrogen and oxygen atoms in total. The van der Waals surface area contributed by atoms with Crippen molar-refractivity contribution in [3.05, 3.63) is 52.8 Å². The van der Waals surface area contributed by atoms with Crippen LogP contribution in [0.25, 0.3) is 0 Å². The molecule has 2 aromatic rings. The van der Waals surface area contributed by atoms with Crippen LogP contribution in [0.1, 0.15) is 16.1 Å². The molecular weight excluding hydrogens is 366 g/mol. The molecule has 0 saturated heterocycles. The minimum Gasteiger partial charge on any atom is -0.451 e. The first-order valence-corrected chi connectivity index (χ1v) is 8.70. The van der Waals surface area contributed by atoms with Crippen molar-refractivity contribution in [1.29, 1.82) is 0 Å². The van der Waals surface area contributed by atoms with E-state index in [1.54, 1.807) is 30.5 Å². The number of thioether (sulfide) groups is 1. The lowest BCUT2D eigenvalue weighted by molar-refractivity contribution is -0.132. The number of imide groups is 1. The van der Waals surface area contributed by atoms with E-state index < -0.39 is 24.4 Å². The number of carbonyl (C=O) groups is 3. The van der Waals surface area contributed by atoms with Crippen molar-refractivity contribution in [2.75, 3.05) is 12.9 Å². The Bertz CT molecular complexity index is 786. The molecule has 0 atom stereocenters. The minimum absolute atomic E-state index is 0.0170. The Morgan fingerprint density at radius 1 is 1.20 bits per heavy atom. The Balaban J connectivity index is 1.85. The molecule has 0 unspecified atom stereocenters. The second kappa shape index (κ2) is 9.14. The van der Waals surface area contributed by atoms with E-state index in [0.717, 1.165) is 5.56 Å². The highest BCUT2D eigenvalue weighted by Gasteiger charge is 2.18. The average Bonchev–Trinajstić information content (AvgIpc) is 2.61. The number of nitrogens with zero attached hydrogens (tertiary/aromatic N) is 2. The predicted molar refractivity (Wildman–Crippen MR) is 92.4 cm³/mol. The number of aromatic nitrogens is 2. The van der Waals surface area contributed by atoms with Crippen molar-refractivity contribution < 1.29 is 19.1 Å². The number of nitrogens with one attached hydrogen (secondary N) is 1. The van der Waals surface area contributed by atoms with Gasteiger partial charge in [-0.3, -0.25) is 14.9 Å². The molecule has 0 radical (unpaired) electrons. The van der Waals surface area contributed by atoms with Crippen molar-refractivity contribution in [3.8, 4) is 0 Å². The molecule has 1 N–H and O–H groups in total. The van der Waals surface area contributed by atoms with Crippen molar-refractivity contribution in [1.82, 2.24) is 15.3 Å². The Labute approximate surface area is 153 Å². The molecule has 25 heavy (non-hydrogen) atoms. The maximum atomic E-state index is 11.9. The van der Waals surface area contributed by atoms with E-state index in [2.05, 4.69) is 15.3 Å². The van der Waals surface area contributed by atoms with Gasteiger partial charge in [-0.2, -0.15) is 0 Å². The van der Waals surface area contributed by atoms with Gasteiger partial charge in [0.2, 0.25) is 5.91 Å². The molecule has 0 aliphatic heterocycles. The Morgan fingerprint density at radius 3 is 2.60 bits per heavy atom. The molecule has 2 rings (SSSR count). The van der Waals surface area contributed by atoms with Crippen LogP contribution < -0.4 is 5.32 Å². The van der Waals surface area contributed by atoms with Crippen molar-refractivity contribution >= 4 is 41.1 Å². The van der Waals surface area contributed by atoms with Gasteiger partial charge in [0, 0.05) is 0 Å². The molecule has 0 aliphatic carbocycles. The van der Waals surface area contributed by atoms with Crippen molar-refractivity contribution in [2.45, 2.75) is 11.6 Å². The van der Waals surface area contributed by atoms with Gasteiger partial charge in [-0.05, 0) is 11.8 Å². The molecule has 1 aromatic heterocycles. The van der Waals surface area contributed by atoms with Gasteiger partial charge in [-0.25, -0.2) is 14.8 Å². The van der Waals surface area contributed by atoms with E-state index in [-0.39, 0.29) is 17.1 Å². The first kappa shape index (κ1) is 18.9. The highest BCUT2D eigenvalue weighted by atomic mass is 35.5. The molecule has 1 aromatic carbocycles. The fraction of sp³-hybridized carbons (Fsp3) is 0.188. The van der Waals surface area contributed by atoms with Gasteiger partial charge in [-0.1, -0.05) is 53.7 Å². The van der Waals surface area contributed by atoms with Gasteiger partial charge < -0.3 is 4.74 Å². The van der Waals surface area contributed by atoms with Crippen molar-refractivity contribution in [3.63, 3.8) is 0 Å². The molecule has 9 heteroatoms. The van der Waals surface area contributed by atoms with Gasteiger partial charge >= 0.3 is 5.97 Å². The average molecular weight is 380 g/mol. The number of esters is 1. The second-order valence-electron chi connectivity index (χ2n) is 4.76. The topological polar surface area (TPSA) is 98.2 Å². The van der Waals surface area contributed by atoms with E-state index in [9.17, 15) is 14.4 Å². The van der Waals surface area contributed by atoms with Crippen LogP contribution in [0.4, 0.5) is 0 Å². The fourth-order valence-corrected chi connectivity index (χ4v) is 2.32. The van der Waals surface area contributed by atoms with Crippen LogP contribution in [-0.2, 0) is 20.7 Å². The number of rotatable bonds is 6.